The average Bonchev–Trinajstić information content (AvgIpc) is 3.55. The average molecular weight is 398 g/mol. The van der Waals surface area contributed by atoms with Crippen LogP contribution in [-0.4, -0.2) is 41.8 Å². The molecule has 1 aliphatic rings. The molecule has 1 fully saturated rings. The molecule has 0 spiro atoms. The van der Waals surface area contributed by atoms with Crippen molar-refractivity contribution in [1.29, 1.82) is 0 Å². The number of nitrogens with zero attached hydrogens (tertiary/aromatic N) is 1. The Hall–Kier alpha value is -3.23. The second-order valence-electron chi connectivity index (χ2n) is 6.26. The van der Waals surface area contributed by atoms with Gasteiger partial charge in [-0.1, -0.05) is 60.7 Å². The standard InChI is InChI=1S/C21H22N2O6/c1-2-27-20(25)18-17(29-18)19(24)23(22-13-15-9-5-3-6-10-15)21(26)28-14-16-11-7-4-8-12-16/h3-12,17-18,22H,2,13-14H2,1H3/t17-,18-/m0/s1. The molecule has 2 amide bonds. The second kappa shape index (κ2) is 9.81. The zero-order valence-electron chi connectivity index (χ0n) is 15.9. The largest absolute Gasteiger partial charge is 0.464 e. The molecule has 0 aliphatic carbocycles. The molecule has 8 nitrogen and oxygen atoms in total. The normalized spacial score (nSPS) is 17.3. The van der Waals surface area contributed by atoms with Crippen molar-refractivity contribution in [3.63, 3.8) is 0 Å². The van der Waals surface area contributed by atoms with E-state index in [2.05, 4.69) is 5.43 Å². The maximum atomic E-state index is 12.7. The van der Waals surface area contributed by atoms with Gasteiger partial charge in [-0.3, -0.25) is 4.79 Å². The molecule has 29 heavy (non-hydrogen) atoms. The first kappa shape index (κ1) is 20.5. The van der Waals surface area contributed by atoms with E-state index in [4.69, 9.17) is 14.2 Å². The summed E-state index contributed by atoms with van der Waals surface area (Å²) in [5.74, 6) is -1.34. The summed E-state index contributed by atoms with van der Waals surface area (Å²) in [5, 5.41) is 0.750. The summed E-state index contributed by atoms with van der Waals surface area (Å²) in [7, 11) is 0. The summed E-state index contributed by atoms with van der Waals surface area (Å²) in [5.41, 5.74) is 4.40. The van der Waals surface area contributed by atoms with Gasteiger partial charge >= 0.3 is 12.1 Å². The van der Waals surface area contributed by atoms with Crippen LogP contribution in [0.5, 0.6) is 0 Å². The lowest BCUT2D eigenvalue weighted by atomic mass is 10.2. The third-order valence-corrected chi connectivity index (χ3v) is 4.15. The number of ether oxygens (including phenoxy) is 3. The molecule has 2 aromatic rings. The molecule has 0 bridgehead atoms. The van der Waals surface area contributed by atoms with E-state index in [1.54, 1.807) is 19.1 Å². The molecular formula is C21H22N2O6. The van der Waals surface area contributed by atoms with Gasteiger partial charge in [-0.15, -0.1) is 0 Å². The predicted octanol–water partition coefficient (Wildman–Crippen LogP) is 2.19. The van der Waals surface area contributed by atoms with Crippen LogP contribution in [-0.2, 0) is 37.0 Å². The van der Waals surface area contributed by atoms with Gasteiger partial charge in [-0.25, -0.2) is 15.0 Å². The predicted molar refractivity (Wildman–Crippen MR) is 102 cm³/mol. The lowest BCUT2D eigenvalue weighted by Gasteiger charge is -2.20. The molecule has 1 N–H and O–H groups in total. The maximum Gasteiger partial charge on any atom is 0.431 e. The summed E-state index contributed by atoms with van der Waals surface area (Å²) >= 11 is 0. The van der Waals surface area contributed by atoms with Crippen LogP contribution in [0.4, 0.5) is 4.79 Å². The number of imide groups is 1. The van der Waals surface area contributed by atoms with Crippen molar-refractivity contribution in [3.8, 4) is 0 Å². The highest BCUT2D eigenvalue weighted by Crippen LogP contribution is 2.25. The first-order valence-corrected chi connectivity index (χ1v) is 9.24. The SMILES string of the molecule is CCOC(=O)[C@H]1O[C@@H]1C(=O)N(NCc1ccccc1)C(=O)OCc1ccccc1. The maximum absolute atomic E-state index is 12.7. The highest BCUT2D eigenvalue weighted by Gasteiger charge is 2.54. The fraction of sp³-hybridized carbons (Fsp3) is 0.286. The number of esters is 1. The smallest absolute Gasteiger partial charge is 0.431 e. The summed E-state index contributed by atoms with van der Waals surface area (Å²) < 4.78 is 15.2. The number of nitrogens with one attached hydrogen (secondary N) is 1. The van der Waals surface area contributed by atoms with Crippen LogP contribution in [0.2, 0.25) is 0 Å². The molecule has 1 heterocycles. The minimum absolute atomic E-state index is 0.00327. The fourth-order valence-electron chi connectivity index (χ4n) is 2.61. The van der Waals surface area contributed by atoms with Crippen molar-refractivity contribution in [2.45, 2.75) is 32.3 Å². The summed E-state index contributed by atoms with van der Waals surface area (Å²) in [6, 6.07) is 18.3. The number of benzene rings is 2. The van der Waals surface area contributed by atoms with Crippen LogP contribution in [0.15, 0.2) is 60.7 Å². The third kappa shape index (κ3) is 5.63. The summed E-state index contributed by atoms with van der Waals surface area (Å²) in [6.45, 7) is 2.05. The number of hydrogen-bond acceptors (Lipinski definition) is 7. The van der Waals surface area contributed by atoms with Gasteiger partial charge < -0.3 is 14.2 Å². The van der Waals surface area contributed by atoms with Gasteiger partial charge in [0.25, 0.3) is 5.91 Å². The van der Waals surface area contributed by atoms with Crippen LogP contribution < -0.4 is 5.43 Å². The molecule has 0 unspecified atom stereocenters. The van der Waals surface area contributed by atoms with Gasteiger partial charge in [0.15, 0.2) is 12.2 Å². The van der Waals surface area contributed by atoms with Crippen molar-refractivity contribution < 1.29 is 28.6 Å². The van der Waals surface area contributed by atoms with E-state index in [0.717, 1.165) is 16.1 Å². The van der Waals surface area contributed by atoms with E-state index in [9.17, 15) is 14.4 Å². The molecule has 3 rings (SSSR count). The summed E-state index contributed by atoms with van der Waals surface area (Å²) in [4.78, 5) is 37.0. The van der Waals surface area contributed by atoms with Gasteiger partial charge in [-0.05, 0) is 18.1 Å². The Balaban J connectivity index is 1.65. The zero-order valence-corrected chi connectivity index (χ0v) is 15.9. The number of hydrazine groups is 1. The van der Waals surface area contributed by atoms with Crippen molar-refractivity contribution in [1.82, 2.24) is 10.4 Å². The van der Waals surface area contributed by atoms with E-state index >= 15 is 0 Å². The van der Waals surface area contributed by atoms with E-state index in [-0.39, 0.29) is 19.8 Å². The molecule has 1 saturated heterocycles. The molecule has 0 saturated carbocycles. The minimum atomic E-state index is -1.08. The van der Waals surface area contributed by atoms with E-state index in [0.29, 0.717) is 0 Å². The highest BCUT2D eigenvalue weighted by atomic mass is 16.6. The monoisotopic (exact) mass is 398 g/mol. The van der Waals surface area contributed by atoms with Crippen LogP contribution in [0.1, 0.15) is 18.1 Å². The Kier molecular flexibility index (Phi) is 6.94. The van der Waals surface area contributed by atoms with Gasteiger partial charge in [0.05, 0.1) is 6.61 Å². The van der Waals surface area contributed by atoms with Crippen molar-refractivity contribution in [3.05, 3.63) is 71.8 Å². The van der Waals surface area contributed by atoms with E-state index in [1.807, 2.05) is 48.5 Å². The number of hydrogen-bond donors (Lipinski definition) is 1. The number of epoxide rings is 1. The van der Waals surface area contributed by atoms with Gasteiger partial charge in [-0.2, -0.15) is 5.01 Å². The molecule has 0 aromatic heterocycles. The first-order valence-electron chi connectivity index (χ1n) is 9.24. The van der Waals surface area contributed by atoms with Crippen molar-refractivity contribution in [2.24, 2.45) is 0 Å². The zero-order chi connectivity index (χ0) is 20.6. The van der Waals surface area contributed by atoms with Gasteiger partial charge in [0.2, 0.25) is 0 Å². The lowest BCUT2D eigenvalue weighted by Crippen LogP contribution is -2.49. The quantitative estimate of drug-likeness (QED) is 0.413. The Morgan fingerprint density at radius 1 is 0.931 bits per heavy atom. The number of amides is 2. The second-order valence-corrected chi connectivity index (χ2v) is 6.26. The molecule has 1 aliphatic heterocycles. The Morgan fingerprint density at radius 2 is 1.55 bits per heavy atom. The lowest BCUT2D eigenvalue weighted by molar-refractivity contribution is -0.145. The molecule has 0 radical (unpaired) electrons. The molecular weight excluding hydrogens is 376 g/mol. The molecule has 8 heteroatoms. The fourth-order valence-corrected chi connectivity index (χ4v) is 2.61. The Morgan fingerprint density at radius 3 is 2.17 bits per heavy atom. The van der Waals surface area contributed by atoms with E-state index in [1.165, 1.54) is 0 Å². The Labute approximate surface area is 168 Å². The topological polar surface area (TPSA) is 97.5 Å². The number of rotatable bonds is 8. The molecule has 152 valence electrons. The minimum Gasteiger partial charge on any atom is -0.464 e. The van der Waals surface area contributed by atoms with E-state index < -0.39 is 30.2 Å². The number of carbonyl (C=O) groups is 3. The third-order valence-electron chi connectivity index (χ3n) is 4.15. The van der Waals surface area contributed by atoms with Crippen LogP contribution in [0.25, 0.3) is 0 Å². The van der Waals surface area contributed by atoms with Crippen LogP contribution in [0, 0.1) is 0 Å². The van der Waals surface area contributed by atoms with Gasteiger partial charge in [0, 0.05) is 6.54 Å². The molecule has 2 aromatic carbocycles. The highest BCUT2D eigenvalue weighted by molar-refractivity contribution is 5.99. The van der Waals surface area contributed by atoms with Crippen LogP contribution in [0.3, 0.4) is 0 Å². The number of carbonyl (C=O) groups excluding carboxylic acids is 3. The van der Waals surface area contributed by atoms with Gasteiger partial charge in [0.1, 0.15) is 6.61 Å². The Bertz CT molecular complexity index is 843. The van der Waals surface area contributed by atoms with Crippen molar-refractivity contribution >= 4 is 18.0 Å². The summed E-state index contributed by atoms with van der Waals surface area (Å²) in [6.07, 6.45) is -2.97. The van der Waals surface area contributed by atoms with Crippen LogP contribution >= 0.6 is 0 Å². The van der Waals surface area contributed by atoms with Crippen molar-refractivity contribution in [2.75, 3.05) is 6.61 Å². The molecule has 2 atom stereocenters. The first-order chi connectivity index (χ1) is 14.1.